The summed E-state index contributed by atoms with van der Waals surface area (Å²) in [5, 5.41) is 0. The molecular formula is C7H16N2O2. The lowest BCUT2D eigenvalue weighted by Gasteiger charge is -2.31. The third-order valence-electron chi connectivity index (χ3n) is 1.93. The second-order valence-corrected chi connectivity index (χ2v) is 2.89. The third-order valence-corrected chi connectivity index (χ3v) is 1.93. The van der Waals surface area contributed by atoms with E-state index in [0.717, 1.165) is 12.8 Å². The average molecular weight is 160 g/mol. The van der Waals surface area contributed by atoms with E-state index in [4.69, 9.17) is 20.9 Å². The summed E-state index contributed by atoms with van der Waals surface area (Å²) in [6.07, 6.45) is 1.53. The number of hydrogen-bond donors (Lipinski definition) is 2. The lowest BCUT2D eigenvalue weighted by atomic mass is 10.0. The fourth-order valence-electron chi connectivity index (χ4n) is 1.31. The van der Waals surface area contributed by atoms with Crippen molar-refractivity contribution in [3.8, 4) is 0 Å². The molecule has 3 atom stereocenters. The summed E-state index contributed by atoms with van der Waals surface area (Å²) in [5.41, 5.74) is 11.2. The normalized spacial score (nSPS) is 39.0. The highest BCUT2D eigenvalue weighted by Gasteiger charge is 2.25. The van der Waals surface area contributed by atoms with Crippen molar-refractivity contribution in [1.82, 2.24) is 0 Å². The van der Waals surface area contributed by atoms with Gasteiger partial charge in [-0.25, -0.2) is 0 Å². The zero-order valence-corrected chi connectivity index (χ0v) is 6.82. The Morgan fingerprint density at radius 2 is 2.27 bits per heavy atom. The molecule has 0 aromatic rings. The Morgan fingerprint density at radius 3 is 2.82 bits per heavy atom. The van der Waals surface area contributed by atoms with Gasteiger partial charge in [0.15, 0.2) is 6.29 Å². The van der Waals surface area contributed by atoms with E-state index in [-0.39, 0.29) is 18.4 Å². The van der Waals surface area contributed by atoms with Crippen LogP contribution >= 0.6 is 0 Å². The molecule has 0 radical (unpaired) electrons. The van der Waals surface area contributed by atoms with E-state index in [1.807, 2.05) is 0 Å². The minimum atomic E-state index is -0.160. The Hall–Kier alpha value is -0.160. The van der Waals surface area contributed by atoms with Gasteiger partial charge in [0.1, 0.15) is 0 Å². The summed E-state index contributed by atoms with van der Waals surface area (Å²) in [4.78, 5) is 0. The molecule has 1 saturated heterocycles. The molecule has 0 aliphatic carbocycles. The fraction of sp³-hybridized carbons (Fsp3) is 1.00. The van der Waals surface area contributed by atoms with Gasteiger partial charge < -0.3 is 20.9 Å². The van der Waals surface area contributed by atoms with E-state index in [1.54, 1.807) is 7.11 Å². The Labute approximate surface area is 66.8 Å². The summed E-state index contributed by atoms with van der Waals surface area (Å²) in [5.74, 6) is 0. The highest BCUT2D eigenvalue weighted by atomic mass is 16.7. The van der Waals surface area contributed by atoms with Crippen LogP contribution < -0.4 is 11.5 Å². The van der Waals surface area contributed by atoms with Crippen molar-refractivity contribution in [1.29, 1.82) is 0 Å². The molecule has 4 N–H and O–H groups in total. The molecule has 0 aromatic heterocycles. The first-order chi connectivity index (χ1) is 5.26. The smallest absolute Gasteiger partial charge is 0.159 e. The van der Waals surface area contributed by atoms with Gasteiger partial charge >= 0.3 is 0 Å². The van der Waals surface area contributed by atoms with Gasteiger partial charge in [-0.3, -0.25) is 0 Å². The zero-order valence-electron chi connectivity index (χ0n) is 6.82. The highest BCUT2D eigenvalue weighted by molar-refractivity contribution is 4.76. The van der Waals surface area contributed by atoms with Crippen molar-refractivity contribution in [2.24, 2.45) is 11.5 Å². The van der Waals surface area contributed by atoms with Crippen molar-refractivity contribution in [2.45, 2.75) is 31.3 Å². The molecule has 0 spiro atoms. The van der Waals surface area contributed by atoms with Gasteiger partial charge in [0.05, 0.1) is 6.10 Å². The summed E-state index contributed by atoms with van der Waals surface area (Å²) in [6.45, 7) is 0.521. The number of nitrogens with two attached hydrogens (primary N) is 2. The first-order valence-corrected chi connectivity index (χ1v) is 3.90. The molecule has 1 aliphatic heterocycles. The molecule has 66 valence electrons. The summed E-state index contributed by atoms with van der Waals surface area (Å²) < 4.78 is 10.5. The SMILES string of the molecule is CO[C@@H]1C[C@H](N)C[C@H](CN)O1. The summed E-state index contributed by atoms with van der Waals surface area (Å²) in [7, 11) is 1.62. The van der Waals surface area contributed by atoms with Crippen LogP contribution in [-0.4, -0.2) is 32.1 Å². The predicted octanol–water partition coefficient (Wildman–Crippen LogP) is -0.576. The molecule has 0 bridgehead atoms. The van der Waals surface area contributed by atoms with E-state index in [9.17, 15) is 0 Å². The molecule has 0 aromatic carbocycles. The zero-order chi connectivity index (χ0) is 8.27. The van der Waals surface area contributed by atoms with Crippen molar-refractivity contribution >= 4 is 0 Å². The van der Waals surface area contributed by atoms with E-state index in [0.29, 0.717) is 6.54 Å². The van der Waals surface area contributed by atoms with Crippen LogP contribution in [0.15, 0.2) is 0 Å². The van der Waals surface area contributed by atoms with Gasteiger partial charge in [-0.05, 0) is 6.42 Å². The van der Waals surface area contributed by atoms with Crippen LogP contribution in [0.5, 0.6) is 0 Å². The van der Waals surface area contributed by atoms with Crippen LogP contribution in [0.4, 0.5) is 0 Å². The Balaban J connectivity index is 2.37. The molecule has 1 heterocycles. The molecule has 4 heteroatoms. The predicted molar refractivity (Wildman–Crippen MR) is 41.9 cm³/mol. The van der Waals surface area contributed by atoms with E-state index in [1.165, 1.54) is 0 Å². The summed E-state index contributed by atoms with van der Waals surface area (Å²) in [6, 6.07) is 0.169. The monoisotopic (exact) mass is 160 g/mol. The van der Waals surface area contributed by atoms with Gasteiger partial charge in [0.2, 0.25) is 0 Å². The first-order valence-electron chi connectivity index (χ1n) is 3.90. The molecule has 0 unspecified atom stereocenters. The van der Waals surface area contributed by atoms with Crippen molar-refractivity contribution < 1.29 is 9.47 Å². The quantitative estimate of drug-likeness (QED) is 0.567. The molecule has 4 nitrogen and oxygen atoms in total. The topological polar surface area (TPSA) is 70.5 Å². The van der Waals surface area contributed by atoms with E-state index in [2.05, 4.69) is 0 Å². The van der Waals surface area contributed by atoms with Gasteiger partial charge in [0.25, 0.3) is 0 Å². The molecule has 0 saturated carbocycles. The average Bonchev–Trinajstić information content (AvgIpc) is 2.03. The number of methoxy groups -OCH3 is 1. The largest absolute Gasteiger partial charge is 0.356 e. The highest BCUT2D eigenvalue weighted by Crippen LogP contribution is 2.17. The molecule has 11 heavy (non-hydrogen) atoms. The molecule has 1 fully saturated rings. The lowest BCUT2D eigenvalue weighted by molar-refractivity contribution is -0.180. The fourth-order valence-corrected chi connectivity index (χ4v) is 1.31. The van der Waals surface area contributed by atoms with Gasteiger partial charge in [0, 0.05) is 26.1 Å². The van der Waals surface area contributed by atoms with Gasteiger partial charge in [-0.1, -0.05) is 0 Å². The number of hydrogen-bond acceptors (Lipinski definition) is 4. The Morgan fingerprint density at radius 1 is 1.55 bits per heavy atom. The van der Waals surface area contributed by atoms with E-state index < -0.39 is 0 Å². The Bertz CT molecular complexity index is 109. The maximum Gasteiger partial charge on any atom is 0.159 e. The molecule has 1 rings (SSSR count). The van der Waals surface area contributed by atoms with Crippen LogP contribution in [0.1, 0.15) is 12.8 Å². The van der Waals surface area contributed by atoms with Crippen molar-refractivity contribution in [2.75, 3.05) is 13.7 Å². The number of rotatable bonds is 2. The van der Waals surface area contributed by atoms with Crippen molar-refractivity contribution in [3.63, 3.8) is 0 Å². The lowest BCUT2D eigenvalue weighted by Crippen LogP contribution is -2.43. The van der Waals surface area contributed by atoms with E-state index >= 15 is 0 Å². The van der Waals surface area contributed by atoms with Crippen LogP contribution in [0.2, 0.25) is 0 Å². The second-order valence-electron chi connectivity index (χ2n) is 2.89. The maximum atomic E-state index is 5.75. The minimum absolute atomic E-state index is 0.0729. The third kappa shape index (κ3) is 2.41. The number of ether oxygens (including phenoxy) is 2. The Kier molecular flexibility index (Phi) is 3.26. The van der Waals surface area contributed by atoms with Crippen LogP contribution in [0.3, 0.4) is 0 Å². The first kappa shape index (κ1) is 8.93. The standard InChI is InChI=1S/C7H16N2O2/c1-10-7-3-5(9)2-6(4-8)11-7/h5-7H,2-4,8-9H2,1H3/t5-,6-,7+/m1/s1. The van der Waals surface area contributed by atoms with Gasteiger partial charge in [-0.15, -0.1) is 0 Å². The van der Waals surface area contributed by atoms with Gasteiger partial charge in [-0.2, -0.15) is 0 Å². The molecular weight excluding hydrogens is 144 g/mol. The van der Waals surface area contributed by atoms with Crippen LogP contribution in [0.25, 0.3) is 0 Å². The second kappa shape index (κ2) is 4.01. The van der Waals surface area contributed by atoms with Crippen LogP contribution in [-0.2, 0) is 9.47 Å². The van der Waals surface area contributed by atoms with Crippen molar-refractivity contribution in [3.05, 3.63) is 0 Å². The molecule has 1 aliphatic rings. The molecule has 0 amide bonds. The minimum Gasteiger partial charge on any atom is -0.356 e. The maximum absolute atomic E-state index is 5.75. The summed E-state index contributed by atoms with van der Waals surface area (Å²) >= 11 is 0. The van der Waals surface area contributed by atoms with Crippen LogP contribution in [0, 0.1) is 0 Å².